The molecule has 1 aliphatic heterocycles. The van der Waals surface area contributed by atoms with Crippen molar-refractivity contribution in [1.82, 2.24) is 4.90 Å². The van der Waals surface area contributed by atoms with Gasteiger partial charge < -0.3 is 4.90 Å². The van der Waals surface area contributed by atoms with E-state index in [1.54, 1.807) is 0 Å². The zero-order valence-electron chi connectivity index (χ0n) is 13.9. The molecule has 1 aromatic carbocycles. The summed E-state index contributed by atoms with van der Waals surface area (Å²) < 4.78 is 0. The summed E-state index contributed by atoms with van der Waals surface area (Å²) in [5, 5.41) is 2.03. The van der Waals surface area contributed by atoms with Gasteiger partial charge in [-0.15, -0.1) is 0 Å². The maximum Gasteiger partial charge on any atom is 0.165 e. The van der Waals surface area contributed by atoms with Crippen molar-refractivity contribution in [3.8, 4) is 0 Å². The van der Waals surface area contributed by atoms with Gasteiger partial charge in [-0.3, -0.25) is 0 Å². The fourth-order valence-electron chi connectivity index (χ4n) is 4.57. The third-order valence-corrected chi connectivity index (χ3v) is 7.52. The van der Waals surface area contributed by atoms with Gasteiger partial charge in [-0.2, -0.15) is 0 Å². The lowest BCUT2D eigenvalue weighted by Gasteiger charge is -2.40. The van der Waals surface area contributed by atoms with Crippen LogP contribution in [0.2, 0.25) is 5.02 Å². The van der Waals surface area contributed by atoms with E-state index in [0.717, 1.165) is 16.3 Å². The largest absolute Gasteiger partial charge is 0.342 e. The highest BCUT2D eigenvalue weighted by Gasteiger charge is 2.49. The maximum atomic E-state index is 6.50. The molecule has 3 fully saturated rings. The second-order valence-corrected chi connectivity index (χ2v) is 8.65. The Morgan fingerprint density at radius 1 is 1.17 bits per heavy atom. The van der Waals surface area contributed by atoms with E-state index in [2.05, 4.69) is 30.0 Å². The number of aryl methyl sites for hydroxylation is 1. The van der Waals surface area contributed by atoms with Gasteiger partial charge in [0, 0.05) is 11.8 Å². The number of rotatable bonds is 2. The summed E-state index contributed by atoms with van der Waals surface area (Å²) in [7, 11) is 0. The standard InChI is InChI=1S/C19H25ClN2S/c1-14-7-6-10-16(17(14)20)21-18-22(15-8-2-3-9-15)19(13-23-18)11-4-5-12-19/h6-7,10,15H,2-5,8-9,11-13H2,1H3. The minimum atomic E-state index is 0.384. The van der Waals surface area contributed by atoms with Crippen LogP contribution >= 0.6 is 23.4 Å². The molecule has 0 atom stereocenters. The molecule has 4 rings (SSSR count). The second kappa shape index (κ2) is 6.33. The predicted molar refractivity (Wildman–Crippen MR) is 101 cm³/mol. The lowest BCUT2D eigenvalue weighted by atomic mass is 9.95. The Hall–Kier alpha value is -0.670. The summed E-state index contributed by atoms with van der Waals surface area (Å²) in [5.41, 5.74) is 2.43. The van der Waals surface area contributed by atoms with E-state index in [0.29, 0.717) is 11.6 Å². The van der Waals surface area contributed by atoms with E-state index < -0.39 is 0 Å². The van der Waals surface area contributed by atoms with Crippen LogP contribution in [0.5, 0.6) is 0 Å². The first-order chi connectivity index (χ1) is 11.2. The van der Waals surface area contributed by atoms with Crippen LogP contribution in [0.25, 0.3) is 0 Å². The molecular weight excluding hydrogens is 324 g/mol. The Bertz CT molecular complexity index is 616. The monoisotopic (exact) mass is 348 g/mol. The Morgan fingerprint density at radius 2 is 1.91 bits per heavy atom. The van der Waals surface area contributed by atoms with Crippen molar-refractivity contribution < 1.29 is 0 Å². The van der Waals surface area contributed by atoms with Gasteiger partial charge in [0.15, 0.2) is 5.17 Å². The molecule has 0 radical (unpaired) electrons. The predicted octanol–water partition coefficient (Wildman–Crippen LogP) is 5.94. The number of aliphatic imine (C=N–C) groups is 1. The van der Waals surface area contributed by atoms with Crippen LogP contribution in [0.1, 0.15) is 56.9 Å². The molecule has 4 heteroatoms. The van der Waals surface area contributed by atoms with Crippen LogP contribution in [0.15, 0.2) is 23.2 Å². The average molecular weight is 349 g/mol. The minimum Gasteiger partial charge on any atom is -0.342 e. The zero-order chi connectivity index (χ0) is 15.9. The van der Waals surface area contributed by atoms with Crippen molar-refractivity contribution in [2.75, 3.05) is 5.75 Å². The molecule has 23 heavy (non-hydrogen) atoms. The summed E-state index contributed by atoms with van der Waals surface area (Å²) >= 11 is 8.46. The van der Waals surface area contributed by atoms with Crippen LogP contribution in [0.3, 0.4) is 0 Å². The summed E-state index contributed by atoms with van der Waals surface area (Å²) in [4.78, 5) is 7.77. The lowest BCUT2D eigenvalue weighted by Crippen LogP contribution is -2.50. The van der Waals surface area contributed by atoms with E-state index in [1.807, 2.05) is 11.8 Å². The van der Waals surface area contributed by atoms with Crippen molar-refractivity contribution in [3.05, 3.63) is 28.8 Å². The minimum absolute atomic E-state index is 0.384. The summed E-state index contributed by atoms with van der Waals surface area (Å²) in [5.74, 6) is 1.21. The van der Waals surface area contributed by atoms with E-state index in [1.165, 1.54) is 62.3 Å². The topological polar surface area (TPSA) is 15.6 Å². The Balaban J connectivity index is 1.71. The van der Waals surface area contributed by atoms with Gasteiger partial charge in [0.05, 0.1) is 16.2 Å². The van der Waals surface area contributed by atoms with Crippen molar-refractivity contribution in [2.45, 2.75) is 69.9 Å². The third-order valence-electron chi connectivity index (χ3n) is 5.80. The zero-order valence-corrected chi connectivity index (χ0v) is 15.4. The Morgan fingerprint density at radius 3 is 2.65 bits per heavy atom. The number of halogens is 1. The van der Waals surface area contributed by atoms with Gasteiger partial charge >= 0.3 is 0 Å². The number of nitrogens with zero attached hydrogens (tertiary/aromatic N) is 2. The van der Waals surface area contributed by atoms with Gasteiger partial charge in [-0.25, -0.2) is 4.99 Å². The molecule has 1 heterocycles. The third kappa shape index (κ3) is 2.80. The molecule has 3 aliphatic rings. The van der Waals surface area contributed by atoms with Gasteiger partial charge in [-0.1, -0.05) is 61.2 Å². The molecule has 2 nitrogen and oxygen atoms in total. The molecule has 1 aromatic rings. The van der Waals surface area contributed by atoms with Crippen LogP contribution in [-0.4, -0.2) is 27.4 Å². The number of hydrogen-bond acceptors (Lipinski definition) is 2. The highest BCUT2D eigenvalue weighted by molar-refractivity contribution is 8.14. The van der Waals surface area contributed by atoms with Crippen molar-refractivity contribution >= 4 is 34.2 Å². The van der Waals surface area contributed by atoms with Crippen molar-refractivity contribution in [1.29, 1.82) is 0 Å². The average Bonchev–Trinajstić information content (AvgIpc) is 3.27. The molecule has 0 N–H and O–H groups in total. The van der Waals surface area contributed by atoms with Crippen LogP contribution in [0, 0.1) is 6.92 Å². The number of amidine groups is 1. The SMILES string of the molecule is Cc1cccc(N=C2SCC3(CCCC3)N2C2CCCC2)c1Cl. The molecule has 2 saturated carbocycles. The van der Waals surface area contributed by atoms with Crippen LogP contribution < -0.4 is 0 Å². The number of hydrogen-bond donors (Lipinski definition) is 0. The van der Waals surface area contributed by atoms with Gasteiger partial charge in [0.25, 0.3) is 0 Å². The molecule has 1 spiro atoms. The van der Waals surface area contributed by atoms with Crippen molar-refractivity contribution in [2.24, 2.45) is 4.99 Å². The quantitative estimate of drug-likeness (QED) is 0.657. The van der Waals surface area contributed by atoms with Crippen LogP contribution in [0.4, 0.5) is 5.69 Å². The van der Waals surface area contributed by atoms with Gasteiger partial charge in [0.2, 0.25) is 0 Å². The molecule has 1 saturated heterocycles. The molecular formula is C19H25ClN2S. The molecule has 0 unspecified atom stereocenters. The normalized spacial score (nSPS) is 26.0. The molecule has 0 amide bonds. The summed E-state index contributed by atoms with van der Waals surface area (Å²) in [6.45, 7) is 2.06. The van der Waals surface area contributed by atoms with E-state index >= 15 is 0 Å². The van der Waals surface area contributed by atoms with Gasteiger partial charge in [-0.05, 0) is 44.2 Å². The number of benzene rings is 1. The first-order valence-corrected chi connectivity index (χ1v) is 10.3. The molecule has 0 bridgehead atoms. The maximum absolute atomic E-state index is 6.50. The molecule has 124 valence electrons. The highest BCUT2D eigenvalue weighted by Crippen LogP contribution is 2.48. The smallest absolute Gasteiger partial charge is 0.165 e. The Kier molecular flexibility index (Phi) is 4.36. The van der Waals surface area contributed by atoms with E-state index in [4.69, 9.17) is 16.6 Å². The molecule has 0 aromatic heterocycles. The molecule has 2 aliphatic carbocycles. The van der Waals surface area contributed by atoms with Crippen molar-refractivity contribution in [3.63, 3.8) is 0 Å². The number of thioether (sulfide) groups is 1. The van der Waals surface area contributed by atoms with Gasteiger partial charge in [0.1, 0.15) is 0 Å². The summed E-state index contributed by atoms with van der Waals surface area (Å²) in [6.07, 6.45) is 10.9. The Labute approximate surface area is 148 Å². The lowest BCUT2D eigenvalue weighted by molar-refractivity contribution is 0.163. The highest BCUT2D eigenvalue weighted by atomic mass is 35.5. The fraction of sp³-hybridized carbons (Fsp3) is 0.632. The van der Waals surface area contributed by atoms with E-state index in [-0.39, 0.29) is 0 Å². The van der Waals surface area contributed by atoms with E-state index in [9.17, 15) is 0 Å². The van der Waals surface area contributed by atoms with Crippen LogP contribution in [-0.2, 0) is 0 Å². The summed E-state index contributed by atoms with van der Waals surface area (Å²) in [6, 6.07) is 6.87. The first-order valence-electron chi connectivity index (χ1n) is 8.96. The fourth-order valence-corrected chi connectivity index (χ4v) is 6.21. The second-order valence-electron chi connectivity index (χ2n) is 7.33. The first kappa shape index (κ1) is 15.8.